The van der Waals surface area contributed by atoms with Crippen LogP contribution >= 0.6 is 0 Å². The van der Waals surface area contributed by atoms with Crippen molar-refractivity contribution >= 4 is 16.5 Å². The van der Waals surface area contributed by atoms with Crippen molar-refractivity contribution in [2.45, 2.75) is 6.92 Å². The molecule has 7 heteroatoms. The largest absolute Gasteiger partial charge is 0.281 e. The molecule has 3 rings (SSSR count). The summed E-state index contributed by atoms with van der Waals surface area (Å²) in [6.45, 7) is 1.83. The fraction of sp³-hybridized carbons (Fsp3) is 0.0769. The number of benzene rings is 1. The molecule has 0 amide bonds. The number of nitro groups is 1. The number of pyridine rings is 1. The number of hydrogen-bond acceptors (Lipinski definition) is 4. The van der Waals surface area contributed by atoms with Gasteiger partial charge in [0.1, 0.15) is 0 Å². The van der Waals surface area contributed by atoms with E-state index in [2.05, 4.69) is 10.2 Å². The summed E-state index contributed by atoms with van der Waals surface area (Å²) in [5.41, 5.74) is 0.411. The topological polar surface area (TPSA) is 93.8 Å². The van der Waals surface area contributed by atoms with Gasteiger partial charge in [0, 0.05) is 24.0 Å². The summed E-state index contributed by atoms with van der Waals surface area (Å²) in [6, 6.07) is 7.73. The molecule has 0 aliphatic rings. The van der Waals surface area contributed by atoms with Crippen LogP contribution < -0.4 is 5.56 Å². The predicted molar refractivity (Wildman–Crippen MR) is 73.1 cm³/mol. The minimum absolute atomic E-state index is 0.0787. The van der Waals surface area contributed by atoms with Crippen LogP contribution in [0.2, 0.25) is 0 Å². The van der Waals surface area contributed by atoms with Crippen LogP contribution in [0.5, 0.6) is 0 Å². The summed E-state index contributed by atoms with van der Waals surface area (Å²) < 4.78 is 1.36. The van der Waals surface area contributed by atoms with Crippen molar-refractivity contribution in [2.24, 2.45) is 0 Å². The summed E-state index contributed by atoms with van der Waals surface area (Å²) in [4.78, 5) is 22.9. The van der Waals surface area contributed by atoms with E-state index in [0.29, 0.717) is 16.6 Å². The number of non-ortho nitro benzene ring substituents is 1. The fourth-order valence-corrected chi connectivity index (χ4v) is 2.13. The molecule has 7 nitrogen and oxygen atoms in total. The molecule has 0 bridgehead atoms. The molecule has 0 saturated carbocycles. The lowest BCUT2D eigenvalue weighted by molar-refractivity contribution is -0.383. The highest BCUT2D eigenvalue weighted by molar-refractivity contribution is 5.90. The van der Waals surface area contributed by atoms with E-state index in [1.807, 2.05) is 6.92 Å². The van der Waals surface area contributed by atoms with Gasteiger partial charge in [0.2, 0.25) is 0 Å². The van der Waals surface area contributed by atoms with Crippen molar-refractivity contribution in [3.8, 4) is 5.82 Å². The van der Waals surface area contributed by atoms with Gasteiger partial charge in [-0.3, -0.25) is 24.6 Å². The highest BCUT2D eigenvalue weighted by atomic mass is 16.6. The first-order chi connectivity index (χ1) is 9.58. The average molecular weight is 270 g/mol. The Balaban J connectivity index is 2.32. The fourth-order valence-electron chi connectivity index (χ4n) is 2.13. The van der Waals surface area contributed by atoms with Crippen LogP contribution in [0, 0.1) is 17.0 Å². The second-order valence-electron chi connectivity index (χ2n) is 4.40. The van der Waals surface area contributed by atoms with Gasteiger partial charge in [0.25, 0.3) is 11.2 Å². The van der Waals surface area contributed by atoms with Gasteiger partial charge >= 0.3 is 0 Å². The number of aryl methyl sites for hydroxylation is 1. The van der Waals surface area contributed by atoms with E-state index in [4.69, 9.17) is 0 Å². The number of H-pyrrole nitrogens is 1. The lowest BCUT2D eigenvalue weighted by atomic mass is 10.1. The Labute approximate surface area is 112 Å². The Morgan fingerprint density at radius 3 is 2.75 bits per heavy atom. The van der Waals surface area contributed by atoms with Crippen molar-refractivity contribution in [2.75, 3.05) is 0 Å². The summed E-state index contributed by atoms with van der Waals surface area (Å²) in [5.74, 6) is 0.459. The zero-order chi connectivity index (χ0) is 14.3. The van der Waals surface area contributed by atoms with E-state index in [0.717, 1.165) is 5.69 Å². The molecule has 0 fully saturated rings. The highest BCUT2D eigenvalue weighted by Gasteiger charge is 2.15. The molecule has 0 atom stereocenters. The molecule has 0 spiro atoms. The van der Waals surface area contributed by atoms with Gasteiger partial charge < -0.3 is 0 Å². The lowest BCUT2D eigenvalue weighted by Crippen LogP contribution is -2.18. The molecule has 0 saturated heterocycles. The smallest absolute Gasteiger partial charge is 0.277 e. The normalized spacial score (nSPS) is 10.8. The van der Waals surface area contributed by atoms with E-state index in [1.165, 1.54) is 22.9 Å². The number of hydrogen-bond donors (Lipinski definition) is 1. The number of nitro benzene ring substituents is 1. The highest BCUT2D eigenvalue weighted by Crippen LogP contribution is 2.23. The second-order valence-corrected chi connectivity index (χ2v) is 4.40. The minimum atomic E-state index is -0.495. The average Bonchev–Trinajstić information content (AvgIpc) is 2.85. The first-order valence-electron chi connectivity index (χ1n) is 5.89. The Kier molecular flexibility index (Phi) is 2.60. The maximum Gasteiger partial charge on any atom is 0.277 e. The minimum Gasteiger partial charge on any atom is -0.281 e. The lowest BCUT2D eigenvalue weighted by Gasteiger charge is -2.04. The van der Waals surface area contributed by atoms with E-state index in [-0.39, 0.29) is 11.2 Å². The van der Waals surface area contributed by atoms with Gasteiger partial charge in [-0.2, -0.15) is 5.10 Å². The second kappa shape index (κ2) is 4.30. The van der Waals surface area contributed by atoms with Gasteiger partial charge in [0.15, 0.2) is 5.82 Å². The Morgan fingerprint density at radius 2 is 2.10 bits per heavy atom. The molecule has 2 aromatic heterocycles. The van der Waals surface area contributed by atoms with Gasteiger partial charge in [-0.25, -0.2) is 0 Å². The number of aromatic nitrogens is 3. The molecule has 0 aliphatic carbocycles. The van der Waals surface area contributed by atoms with Crippen LogP contribution in [-0.4, -0.2) is 19.7 Å². The Hall–Kier alpha value is -2.96. The van der Waals surface area contributed by atoms with Crippen LogP contribution in [0.3, 0.4) is 0 Å². The maximum atomic E-state index is 12.4. The number of aromatic amines is 1. The molecule has 0 aliphatic heterocycles. The maximum absolute atomic E-state index is 12.4. The SMILES string of the molecule is Cc1cc(-n2ccc3c([N+](=O)[O-])cccc3c2=O)n[nH]1. The van der Waals surface area contributed by atoms with Crippen molar-refractivity contribution in [3.05, 3.63) is 62.7 Å². The van der Waals surface area contributed by atoms with Crippen LogP contribution in [0.25, 0.3) is 16.6 Å². The monoisotopic (exact) mass is 270 g/mol. The quantitative estimate of drug-likeness (QED) is 0.568. The third-order valence-electron chi connectivity index (χ3n) is 3.06. The molecule has 0 radical (unpaired) electrons. The number of nitrogens with zero attached hydrogens (tertiary/aromatic N) is 3. The number of nitrogens with one attached hydrogen (secondary N) is 1. The number of fused-ring (bicyclic) bond motifs is 1. The third kappa shape index (κ3) is 1.76. The van der Waals surface area contributed by atoms with Crippen molar-refractivity contribution in [1.29, 1.82) is 0 Å². The molecular formula is C13H10N4O3. The van der Waals surface area contributed by atoms with Crippen molar-refractivity contribution in [1.82, 2.24) is 14.8 Å². The first-order valence-corrected chi connectivity index (χ1v) is 5.89. The van der Waals surface area contributed by atoms with E-state index >= 15 is 0 Å². The van der Waals surface area contributed by atoms with Gasteiger partial charge in [-0.05, 0) is 19.1 Å². The molecular weight excluding hydrogens is 260 g/mol. The third-order valence-corrected chi connectivity index (χ3v) is 3.06. The van der Waals surface area contributed by atoms with Gasteiger partial charge in [-0.1, -0.05) is 6.07 Å². The van der Waals surface area contributed by atoms with Crippen LogP contribution in [0.4, 0.5) is 5.69 Å². The summed E-state index contributed by atoms with van der Waals surface area (Å²) >= 11 is 0. The van der Waals surface area contributed by atoms with Crippen LogP contribution in [0.1, 0.15) is 5.69 Å². The van der Waals surface area contributed by atoms with Gasteiger partial charge in [-0.15, -0.1) is 0 Å². The Morgan fingerprint density at radius 1 is 1.30 bits per heavy atom. The van der Waals surface area contributed by atoms with Gasteiger partial charge in [0.05, 0.1) is 15.7 Å². The molecule has 3 aromatic rings. The summed E-state index contributed by atoms with van der Waals surface area (Å²) in [6.07, 6.45) is 1.49. The van der Waals surface area contributed by atoms with Crippen LogP contribution in [0.15, 0.2) is 41.3 Å². The Bertz CT molecular complexity index is 879. The van der Waals surface area contributed by atoms with Crippen LogP contribution in [-0.2, 0) is 0 Å². The zero-order valence-corrected chi connectivity index (χ0v) is 10.5. The van der Waals surface area contributed by atoms with Crippen molar-refractivity contribution < 1.29 is 4.92 Å². The zero-order valence-electron chi connectivity index (χ0n) is 10.5. The van der Waals surface area contributed by atoms with E-state index in [9.17, 15) is 14.9 Å². The van der Waals surface area contributed by atoms with E-state index < -0.39 is 4.92 Å². The molecule has 2 heterocycles. The van der Waals surface area contributed by atoms with E-state index in [1.54, 1.807) is 18.2 Å². The van der Waals surface area contributed by atoms with Crippen molar-refractivity contribution in [3.63, 3.8) is 0 Å². The summed E-state index contributed by atoms with van der Waals surface area (Å²) in [5, 5.41) is 18.4. The molecule has 100 valence electrons. The summed E-state index contributed by atoms with van der Waals surface area (Å²) in [7, 11) is 0. The first kappa shape index (κ1) is 12.1. The standard InChI is InChI=1S/C13H10N4O3/c1-8-7-12(15-14-8)16-6-5-9-10(13(16)18)3-2-4-11(9)17(19)20/h2-7H,1H3,(H,14,15). The molecule has 0 unspecified atom stereocenters. The number of rotatable bonds is 2. The predicted octanol–water partition coefficient (Wildman–Crippen LogP) is 1.93. The molecule has 1 aromatic carbocycles. The molecule has 1 N–H and O–H groups in total. The molecule has 20 heavy (non-hydrogen) atoms.